The van der Waals surface area contributed by atoms with Crippen LogP contribution in [-0.4, -0.2) is 18.4 Å². The van der Waals surface area contributed by atoms with Crippen molar-refractivity contribution in [3.05, 3.63) is 28.8 Å². The van der Waals surface area contributed by atoms with Crippen LogP contribution in [0.25, 0.3) is 0 Å². The molecule has 0 amide bonds. The van der Waals surface area contributed by atoms with Gasteiger partial charge in [-0.2, -0.15) is 13.2 Å². The van der Waals surface area contributed by atoms with Crippen LogP contribution in [0, 0.1) is 0 Å². The van der Waals surface area contributed by atoms with Gasteiger partial charge in [0.05, 0.1) is 24.7 Å². The van der Waals surface area contributed by atoms with Crippen molar-refractivity contribution in [1.29, 1.82) is 0 Å². The van der Waals surface area contributed by atoms with Crippen LogP contribution < -0.4 is 4.74 Å². The van der Waals surface area contributed by atoms with Crippen LogP contribution in [0.5, 0.6) is 5.75 Å². The van der Waals surface area contributed by atoms with E-state index in [1.165, 1.54) is 25.3 Å². The van der Waals surface area contributed by atoms with E-state index in [9.17, 15) is 18.3 Å². The zero-order chi connectivity index (χ0) is 12.3. The lowest BCUT2D eigenvalue weighted by Gasteiger charge is -2.14. The van der Waals surface area contributed by atoms with Crippen molar-refractivity contribution in [2.75, 3.05) is 7.11 Å². The van der Waals surface area contributed by atoms with Gasteiger partial charge in [-0.15, -0.1) is 0 Å². The van der Waals surface area contributed by atoms with Gasteiger partial charge in [-0.1, -0.05) is 17.7 Å². The van der Waals surface area contributed by atoms with E-state index < -0.39 is 18.7 Å². The summed E-state index contributed by atoms with van der Waals surface area (Å²) in [4.78, 5) is 0. The molecule has 1 atom stereocenters. The van der Waals surface area contributed by atoms with Crippen molar-refractivity contribution >= 4 is 11.6 Å². The molecule has 0 aliphatic heterocycles. The zero-order valence-electron chi connectivity index (χ0n) is 8.38. The van der Waals surface area contributed by atoms with E-state index in [-0.39, 0.29) is 16.3 Å². The largest absolute Gasteiger partial charge is 0.495 e. The molecule has 16 heavy (non-hydrogen) atoms. The fraction of sp³-hybridized carbons (Fsp3) is 0.400. The van der Waals surface area contributed by atoms with E-state index >= 15 is 0 Å². The van der Waals surface area contributed by atoms with Crippen LogP contribution in [0.15, 0.2) is 18.2 Å². The second kappa shape index (κ2) is 4.93. The second-order valence-corrected chi connectivity index (χ2v) is 3.64. The number of benzene rings is 1. The highest BCUT2D eigenvalue weighted by Gasteiger charge is 2.31. The molecular formula is C10H10ClF3O2. The standard InChI is InChI=1S/C10H10ClF3O2/c1-16-9-4-6(2-3-7(9)11)8(15)5-10(12,13)14/h2-4,8,15H,5H2,1H3. The highest BCUT2D eigenvalue weighted by molar-refractivity contribution is 6.32. The Labute approximate surface area is 95.6 Å². The third kappa shape index (κ3) is 3.57. The normalized spacial score (nSPS) is 13.6. The van der Waals surface area contributed by atoms with Gasteiger partial charge in [-0.05, 0) is 17.7 Å². The molecular weight excluding hydrogens is 245 g/mol. The van der Waals surface area contributed by atoms with Gasteiger partial charge in [0.15, 0.2) is 0 Å². The first-order chi connectivity index (χ1) is 7.33. The third-order valence-corrected chi connectivity index (χ3v) is 2.30. The summed E-state index contributed by atoms with van der Waals surface area (Å²) >= 11 is 5.71. The fourth-order valence-electron chi connectivity index (χ4n) is 1.22. The van der Waals surface area contributed by atoms with E-state index in [1.54, 1.807) is 0 Å². The number of rotatable bonds is 3. The maximum atomic E-state index is 12.0. The Hall–Kier alpha value is -0.940. The number of methoxy groups -OCH3 is 1. The molecule has 0 radical (unpaired) electrons. The molecule has 2 nitrogen and oxygen atoms in total. The van der Waals surface area contributed by atoms with Crippen LogP contribution in [0.4, 0.5) is 13.2 Å². The van der Waals surface area contributed by atoms with Gasteiger partial charge in [0.2, 0.25) is 0 Å². The van der Waals surface area contributed by atoms with E-state index in [2.05, 4.69) is 0 Å². The van der Waals surface area contributed by atoms with Crippen LogP contribution in [0.2, 0.25) is 5.02 Å². The SMILES string of the molecule is COc1cc(C(O)CC(F)(F)F)ccc1Cl. The Morgan fingerprint density at radius 3 is 2.56 bits per heavy atom. The molecule has 0 aromatic heterocycles. The molecule has 1 aromatic rings. The van der Waals surface area contributed by atoms with E-state index in [1.807, 2.05) is 0 Å². The first kappa shape index (κ1) is 13.1. The third-order valence-electron chi connectivity index (χ3n) is 1.98. The molecule has 0 fully saturated rings. The highest BCUT2D eigenvalue weighted by Crippen LogP contribution is 2.33. The first-order valence-electron chi connectivity index (χ1n) is 4.42. The monoisotopic (exact) mass is 254 g/mol. The molecule has 1 unspecified atom stereocenters. The van der Waals surface area contributed by atoms with Gasteiger partial charge < -0.3 is 9.84 Å². The van der Waals surface area contributed by atoms with Gasteiger partial charge in [0.25, 0.3) is 0 Å². The number of aliphatic hydroxyl groups excluding tert-OH is 1. The predicted octanol–water partition coefficient (Wildman–Crippen LogP) is 3.33. The summed E-state index contributed by atoms with van der Waals surface area (Å²) in [7, 11) is 1.35. The Bertz CT molecular complexity index is 366. The van der Waals surface area contributed by atoms with Gasteiger partial charge in [-0.3, -0.25) is 0 Å². The van der Waals surface area contributed by atoms with Crippen molar-refractivity contribution in [3.63, 3.8) is 0 Å². The van der Waals surface area contributed by atoms with Crippen LogP contribution in [0.3, 0.4) is 0 Å². The minimum absolute atomic E-state index is 0.124. The first-order valence-corrected chi connectivity index (χ1v) is 4.79. The number of alkyl halides is 3. The van der Waals surface area contributed by atoms with E-state index in [0.29, 0.717) is 0 Å². The number of aliphatic hydroxyl groups is 1. The molecule has 0 bridgehead atoms. The molecule has 0 aliphatic rings. The summed E-state index contributed by atoms with van der Waals surface area (Å²) in [5.41, 5.74) is 0.124. The minimum Gasteiger partial charge on any atom is -0.495 e. The van der Waals surface area contributed by atoms with Gasteiger partial charge >= 0.3 is 6.18 Å². The quantitative estimate of drug-likeness (QED) is 0.896. The number of halogens is 4. The molecule has 0 aliphatic carbocycles. The maximum absolute atomic E-state index is 12.0. The average molecular weight is 255 g/mol. The summed E-state index contributed by atoms with van der Waals surface area (Å²) in [5, 5.41) is 9.63. The Balaban J connectivity index is 2.88. The van der Waals surface area contributed by atoms with Crippen molar-refractivity contribution in [3.8, 4) is 5.75 Å². The molecule has 1 N–H and O–H groups in total. The zero-order valence-corrected chi connectivity index (χ0v) is 9.14. The molecule has 90 valence electrons. The topological polar surface area (TPSA) is 29.5 Å². The second-order valence-electron chi connectivity index (χ2n) is 3.23. The van der Waals surface area contributed by atoms with Crippen LogP contribution in [0.1, 0.15) is 18.1 Å². The van der Waals surface area contributed by atoms with Crippen molar-refractivity contribution in [2.45, 2.75) is 18.7 Å². The van der Waals surface area contributed by atoms with Crippen molar-refractivity contribution < 1.29 is 23.0 Å². The molecule has 0 spiro atoms. The van der Waals surface area contributed by atoms with Gasteiger partial charge in [-0.25, -0.2) is 0 Å². The summed E-state index contributed by atoms with van der Waals surface area (Å²) in [6.45, 7) is 0. The lowest BCUT2D eigenvalue weighted by molar-refractivity contribution is -0.154. The fourth-order valence-corrected chi connectivity index (χ4v) is 1.42. The number of hydrogen-bond acceptors (Lipinski definition) is 2. The molecule has 6 heteroatoms. The van der Waals surface area contributed by atoms with Crippen LogP contribution in [-0.2, 0) is 0 Å². The lowest BCUT2D eigenvalue weighted by atomic mass is 10.1. The Kier molecular flexibility index (Phi) is 4.04. The minimum atomic E-state index is -4.41. The highest BCUT2D eigenvalue weighted by atomic mass is 35.5. The van der Waals surface area contributed by atoms with Gasteiger partial charge in [0.1, 0.15) is 5.75 Å². The van der Waals surface area contributed by atoms with E-state index in [0.717, 1.165) is 0 Å². The van der Waals surface area contributed by atoms with Gasteiger partial charge in [0, 0.05) is 0 Å². The smallest absolute Gasteiger partial charge is 0.391 e. The molecule has 1 rings (SSSR count). The summed E-state index contributed by atoms with van der Waals surface area (Å²) in [5.74, 6) is 0.236. The summed E-state index contributed by atoms with van der Waals surface area (Å²) in [6.07, 6.45) is -7.31. The number of hydrogen-bond donors (Lipinski definition) is 1. The van der Waals surface area contributed by atoms with Crippen molar-refractivity contribution in [2.24, 2.45) is 0 Å². The summed E-state index contributed by atoms with van der Waals surface area (Å²) in [6, 6.07) is 4.01. The maximum Gasteiger partial charge on any atom is 0.391 e. The van der Waals surface area contributed by atoms with Crippen molar-refractivity contribution in [1.82, 2.24) is 0 Å². The predicted molar refractivity (Wildman–Crippen MR) is 53.6 cm³/mol. The molecule has 1 aromatic carbocycles. The Morgan fingerprint density at radius 1 is 1.44 bits per heavy atom. The lowest BCUT2D eigenvalue weighted by Crippen LogP contribution is -2.13. The van der Waals surface area contributed by atoms with E-state index in [4.69, 9.17) is 16.3 Å². The molecule has 0 saturated carbocycles. The Morgan fingerprint density at radius 2 is 2.06 bits per heavy atom. The summed E-state index contributed by atoms with van der Waals surface area (Å²) < 4.78 is 40.9. The average Bonchev–Trinajstić information content (AvgIpc) is 2.15. The molecule has 0 heterocycles. The number of ether oxygens (including phenoxy) is 1. The van der Waals surface area contributed by atoms with Crippen LogP contribution >= 0.6 is 11.6 Å². The molecule has 0 saturated heterocycles.